The molecule has 1 N–H and O–H groups in total. The van der Waals surface area contributed by atoms with Crippen molar-refractivity contribution in [1.82, 2.24) is 10.2 Å². The average Bonchev–Trinajstić information content (AvgIpc) is 2.47. The van der Waals surface area contributed by atoms with E-state index in [9.17, 15) is 4.79 Å². The Bertz CT molecular complexity index is 482. The fourth-order valence-electron chi connectivity index (χ4n) is 2.09. The molecular weight excluding hydrogens is 404 g/mol. The maximum atomic E-state index is 12.1. The molecule has 1 aromatic rings. The number of morpholine rings is 1. The van der Waals surface area contributed by atoms with Crippen LogP contribution in [0, 0.1) is 0 Å². The van der Waals surface area contributed by atoms with Crippen LogP contribution in [-0.4, -0.2) is 50.8 Å². The fraction of sp³-hybridized carbons (Fsp3) is 0.500. The molecule has 1 heterocycles. The van der Waals surface area contributed by atoms with Gasteiger partial charge in [0.15, 0.2) is 6.61 Å². The minimum absolute atomic E-state index is 0.0172. The van der Waals surface area contributed by atoms with E-state index in [1.165, 1.54) is 0 Å². The molecule has 1 aliphatic heterocycles. The van der Waals surface area contributed by atoms with Gasteiger partial charge in [-0.1, -0.05) is 0 Å². The van der Waals surface area contributed by atoms with Crippen molar-refractivity contribution in [3.63, 3.8) is 0 Å². The van der Waals surface area contributed by atoms with E-state index < -0.39 is 0 Å². The first-order valence-corrected chi connectivity index (χ1v) is 8.31. The Morgan fingerprint density at radius 1 is 1.33 bits per heavy atom. The van der Waals surface area contributed by atoms with Crippen LogP contribution in [0.4, 0.5) is 0 Å². The van der Waals surface area contributed by atoms with Gasteiger partial charge < -0.3 is 19.7 Å². The molecule has 21 heavy (non-hydrogen) atoms. The van der Waals surface area contributed by atoms with Gasteiger partial charge in [-0.2, -0.15) is 0 Å². The molecule has 0 spiro atoms. The Morgan fingerprint density at radius 3 is 2.52 bits per heavy atom. The molecule has 1 aromatic carbocycles. The zero-order valence-electron chi connectivity index (χ0n) is 11.8. The molecule has 0 aromatic heterocycles. The van der Waals surface area contributed by atoms with Gasteiger partial charge >= 0.3 is 0 Å². The summed E-state index contributed by atoms with van der Waals surface area (Å²) >= 11 is 6.97. The lowest BCUT2D eigenvalue weighted by Crippen LogP contribution is -2.43. The van der Waals surface area contributed by atoms with E-state index in [1.54, 1.807) is 4.90 Å². The van der Waals surface area contributed by atoms with E-state index in [4.69, 9.17) is 9.47 Å². The van der Waals surface area contributed by atoms with Gasteiger partial charge in [0, 0.05) is 19.6 Å². The summed E-state index contributed by atoms with van der Waals surface area (Å²) in [4.78, 5) is 13.8. The highest BCUT2D eigenvalue weighted by molar-refractivity contribution is 9.11. The summed E-state index contributed by atoms with van der Waals surface area (Å²) in [5, 5.41) is 3.10. The molecule has 5 nitrogen and oxygen atoms in total. The molecule has 1 saturated heterocycles. The van der Waals surface area contributed by atoms with Crippen molar-refractivity contribution in [2.45, 2.75) is 6.54 Å². The summed E-state index contributed by atoms with van der Waals surface area (Å²) in [6, 6.07) is 3.96. The number of amides is 1. The molecule has 0 unspecified atom stereocenters. The van der Waals surface area contributed by atoms with Crippen molar-refractivity contribution in [2.75, 3.05) is 40.0 Å². The number of halogens is 2. The lowest BCUT2D eigenvalue weighted by atomic mass is 10.2. The average molecular weight is 422 g/mol. The molecule has 0 radical (unpaired) electrons. The predicted octanol–water partition coefficient (Wildman–Crippen LogP) is 2.17. The van der Waals surface area contributed by atoms with E-state index in [2.05, 4.69) is 37.2 Å². The van der Waals surface area contributed by atoms with Crippen molar-refractivity contribution in [2.24, 2.45) is 0 Å². The minimum Gasteiger partial charge on any atom is -0.481 e. The lowest BCUT2D eigenvalue weighted by Gasteiger charge is -2.26. The SMILES string of the molecule is CNCc1cc(Br)c(OCC(=O)N2CCOCC2)c(Br)c1. The van der Waals surface area contributed by atoms with Gasteiger partial charge in [-0.15, -0.1) is 0 Å². The minimum atomic E-state index is -0.0172. The van der Waals surface area contributed by atoms with Crippen LogP contribution in [0.15, 0.2) is 21.1 Å². The maximum Gasteiger partial charge on any atom is 0.260 e. The molecule has 1 aliphatic rings. The van der Waals surface area contributed by atoms with Gasteiger partial charge in [-0.3, -0.25) is 4.79 Å². The Morgan fingerprint density at radius 2 is 1.95 bits per heavy atom. The first-order valence-electron chi connectivity index (χ1n) is 6.72. The van der Waals surface area contributed by atoms with Crippen LogP contribution in [0.25, 0.3) is 0 Å². The van der Waals surface area contributed by atoms with E-state index in [0.717, 1.165) is 21.1 Å². The van der Waals surface area contributed by atoms with Gasteiger partial charge in [0.05, 0.1) is 22.2 Å². The third-order valence-electron chi connectivity index (χ3n) is 3.14. The topological polar surface area (TPSA) is 50.8 Å². The molecule has 7 heteroatoms. The van der Waals surface area contributed by atoms with Crippen molar-refractivity contribution < 1.29 is 14.3 Å². The van der Waals surface area contributed by atoms with Crippen molar-refractivity contribution in [3.8, 4) is 5.75 Å². The summed E-state index contributed by atoms with van der Waals surface area (Å²) in [6.07, 6.45) is 0. The van der Waals surface area contributed by atoms with Crippen LogP contribution in [0.1, 0.15) is 5.56 Å². The van der Waals surface area contributed by atoms with Crippen LogP contribution in [0.3, 0.4) is 0 Å². The van der Waals surface area contributed by atoms with Crippen LogP contribution in [0.5, 0.6) is 5.75 Å². The molecule has 0 aliphatic carbocycles. The molecule has 2 rings (SSSR count). The van der Waals surface area contributed by atoms with Crippen LogP contribution >= 0.6 is 31.9 Å². The van der Waals surface area contributed by atoms with E-state index in [-0.39, 0.29) is 12.5 Å². The molecule has 116 valence electrons. The maximum absolute atomic E-state index is 12.1. The van der Waals surface area contributed by atoms with E-state index in [0.29, 0.717) is 32.1 Å². The number of nitrogens with zero attached hydrogens (tertiary/aromatic N) is 1. The Hall–Kier alpha value is -0.630. The zero-order valence-corrected chi connectivity index (χ0v) is 15.0. The normalized spacial score (nSPS) is 15.1. The van der Waals surface area contributed by atoms with Gasteiger partial charge in [0.2, 0.25) is 0 Å². The monoisotopic (exact) mass is 420 g/mol. The number of rotatable bonds is 5. The Balaban J connectivity index is 1.97. The third kappa shape index (κ3) is 4.67. The highest BCUT2D eigenvalue weighted by Crippen LogP contribution is 2.34. The van der Waals surface area contributed by atoms with Crippen molar-refractivity contribution >= 4 is 37.8 Å². The van der Waals surface area contributed by atoms with Crippen LogP contribution < -0.4 is 10.1 Å². The summed E-state index contributed by atoms with van der Waals surface area (Å²) in [7, 11) is 1.90. The molecule has 0 atom stereocenters. The Labute approximate surface area is 141 Å². The fourth-order valence-corrected chi connectivity index (χ4v) is 3.60. The van der Waals surface area contributed by atoms with Crippen molar-refractivity contribution in [3.05, 3.63) is 26.6 Å². The largest absolute Gasteiger partial charge is 0.481 e. The number of ether oxygens (including phenoxy) is 2. The second-order valence-corrected chi connectivity index (χ2v) is 6.41. The standard InChI is InChI=1S/C14H18Br2N2O3/c1-17-8-10-6-11(15)14(12(16)7-10)21-9-13(19)18-2-4-20-5-3-18/h6-7,17H,2-5,8-9H2,1H3. The molecular formula is C14H18Br2N2O3. The van der Waals surface area contributed by atoms with Gasteiger partial charge in [-0.05, 0) is 56.6 Å². The number of carbonyl (C=O) groups is 1. The van der Waals surface area contributed by atoms with Gasteiger partial charge in [0.1, 0.15) is 5.75 Å². The summed E-state index contributed by atoms with van der Waals surface area (Å²) in [5.41, 5.74) is 1.13. The lowest BCUT2D eigenvalue weighted by molar-refractivity contribution is -0.137. The number of carbonyl (C=O) groups excluding carboxylic acids is 1. The second-order valence-electron chi connectivity index (χ2n) is 4.70. The first kappa shape index (κ1) is 16.7. The van der Waals surface area contributed by atoms with Crippen LogP contribution in [-0.2, 0) is 16.1 Å². The predicted molar refractivity (Wildman–Crippen MR) is 87.5 cm³/mol. The van der Waals surface area contributed by atoms with Gasteiger partial charge in [-0.25, -0.2) is 0 Å². The summed E-state index contributed by atoms with van der Waals surface area (Å²) in [6.45, 7) is 3.25. The quantitative estimate of drug-likeness (QED) is 0.791. The molecule has 1 amide bonds. The number of hydrogen-bond acceptors (Lipinski definition) is 4. The van der Waals surface area contributed by atoms with Crippen LogP contribution in [0.2, 0.25) is 0 Å². The van der Waals surface area contributed by atoms with Crippen molar-refractivity contribution in [1.29, 1.82) is 0 Å². The summed E-state index contributed by atoms with van der Waals surface area (Å²) in [5.74, 6) is 0.632. The molecule has 0 bridgehead atoms. The first-order chi connectivity index (χ1) is 10.1. The van der Waals surface area contributed by atoms with E-state index >= 15 is 0 Å². The summed E-state index contributed by atoms with van der Waals surface area (Å²) < 4.78 is 12.6. The smallest absolute Gasteiger partial charge is 0.260 e. The Kier molecular flexibility index (Phi) is 6.47. The molecule has 0 saturated carbocycles. The van der Waals surface area contributed by atoms with E-state index in [1.807, 2.05) is 19.2 Å². The highest BCUT2D eigenvalue weighted by atomic mass is 79.9. The second kappa shape index (κ2) is 8.12. The highest BCUT2D eigenvalue weighted by Gasteiger charge is 2.18. The van der Waals surface area contributed by atoms with Gasteiger partial charge in [0.25, 0.3) is 5.91 Å². The number of nitrogens with one attached hydrogen (secondary N) is 1. The third-order valence-corrected chi connectivity index (χ3v) is 4.32. The number of benzene rings is 1. The number of hydrogen-bond donors (Lipinski definition) is 1. The zero-order chi connectivity index (χ0) is 15.2. The molecule has 1 fully saturated rings.